The van der Waals surface area contributed by atoms with Crippen LogP contribution in [0.25, 0.3) is 0 Å². The fourth-order valence-electron chi connectivity index (χ4n) is 2.00. The maximum absolute atomic E-state index is 13.9. The summed E-state index contributed by atoms with van der Waals surface area (Å²) < 4.78 is 29.7. The van der Waals surface area contributed by atoms with Gasteiger partial charge in [0.1, 0.15) is 5.60 Å². The van der Waals surface area contributed by atoms with Gasteiger partial charge in [-0.3, -0.25) is 5.32 Å². The molecule has 0 unspecified atom stereocenters. The van der Waals surface area contributed by atoms with E-state index in [0.717, 1.165) is 0 Å². The average Bonchev–Trinajstić information content (AvgIpc) is 2.49. The Balaban J connectivity index is 2.17. The molecule has 0 aromatic heterocycles. The van der Waals surface area contributed by atoms with Gasteiger partial charge in [0.2, 0.25) is 5.75 Å². The van der Waals surface area contributed by atoms with Gasteiger partial charge in [0.15, 0.2) is 17.3 Å². The molecule has 3 N–H and O–H groups in total. The molecule has 2 aromatic carbocycles. The van der Waals surface area contributed by atoms with Gasteiger partial charge in [0.25, 0.3) is 0 Å². The van der Waals surface area contributed by atoms with Crippen LogP contribution in [0.1, 0.15) is 20.8 Å². The van der Waals surface area contributed by atoms with Crippen LogP contribution in [0.15, 0.2) is 36.4 Å². The number of carbonyl (C=O) groups excluding carboxylic acids is 1. The Labute approximate surface area is 145 Å². The fourth-order valence-corrected chi connectivity index (χ4v) is 2.00. The molecule has 0 radical (unpaired) electrons. The number of methoxy groups -OCH3 is 1. The van der Waals surface area contributed by atoms with Crippen molar-refractivity contribution in [1.29, 1.82) is 0 Å². The molecule has 0 aliphatic carbocycles. The zero-order valence-electron chi connectivity index (χ0n) is 14.6. The first kappa shape index (κ1) is 18.4. The number of para-hydroxylation sites is 1. The predicted octanol–water partition coefficient (Wildman–Crippen LogP) is 4.56. The molecule has 0 fully saturated rings. The van der Waals surface area contributed by atoms with Crippen LogP contribution < -0.4 is 20.5 Å². The highest BCUT2D eigenvalue weighted by molar-refractivity contribution is 5.86. The van der Waals surface area contributed by atoms with Crippen molar-refractivity contribution < 1.29 is 23.4 Å². The molecule has 134 valence electrons. The number of nitrogen functional groups attached to an aromatic ring is 1. The van der Waals surface area contributed by atoms with E-state index in [1.807, 2.05) is 0 Å². The van der Waals surface area contributed by atoms with Crippen molar-refractivity contribution in [2.24, 2.45) is 0 Å². The van der Waals surface area contributed by atoms with Gasteiger partial charge in [-0.25, -0.2) is 9.18 Å². The third kappa shape index (κ3) is 5.00. The SMILES string of the molecule is COc1cccc(F)c1Oc1ccc(NC(=O)OC(C)(C)C)cc1N. The molecular formula is C18H21FN2O4. The second-order valence-corrected chi connectivity index (χ2v) is 6.25. The molecule has 2 rings (SSSR count). The van der Waals surface area contributed by atoms with Crippen LogP contribution in [0, 0.1) is 5.82 Å². The average molecular weight is 348 g/mol. The van der Waals surface area contributed by atoms with E-state index >= 15 is 0 Å². The number of hydrogen-bond donors (Lipinski definition) is 2. The number of carbonyl (C=O) groups is 1. The van der Waals surface area contributed by atoms with E-state index in [4.69, 9.17) is 19.9 Å². The molecule has 7 heteroatoms. The van der Waals surface area contributed by atoms with Crippen molar-refractivity contribution >= 4 is 17.5 Å². The molecule has 25 heavy (non-hydrogen) atoms. The molecule has 6 nitrogen and oxygen atoms in total. The molecule has 0 aliphatic rings. The normalized spacial score (nSPS) is 10.9. The molecule has 0 saturated heterocycles. The van der Waals surface area contributed by atoms with E-state index in [1.165, 1.54) is 31.4 Å². The molecule has 0 spiro atoms. The number of nitrogens with one attached hydrogen (secondary N) is 1. The molecule has 0 bridgehead atoms. The minimum Gasteiger partial charge on any atom is -0.493 e. The Morgan fingerprint density at radius 1 is 1.16 bits per heavy atom. The van der Waals surface area contributed by atoms with Crippen LogP contribution in [-0.4, -0.2) is 18.8 Å². The van der Waals surface area contributed by atoms with Crippen molar-refractivity contribution in [1.82, 2.24) is 0 Å². The number of nitrogens with two attached hydrogens (primary N) is 1. The first-order chi connectivity index (χ1) is 11.7. The third-order valence-corrected chi connectivity index (χ3v) is 3.02. The maximum Gasteiger partial charge on any atom is 0.412 e. The monoisotopic (exact) mass is 348 g/mol. The third-order valence-electron chi connectivity index (χ3n) is 3.02. The summed E-state index contributed by atoms with van der Waals surface area (Å²) in [6.45, 7) is 5.29. The van der Waals surface area contributed by atoms with Crippen LogP contribution >= 0.6 is 0 Å². The summed E-state index contributed by atoms with van der Waals surface area (Å²) in [5.41, 5.74) is 5.97. The first-order valence-corrected chi connectivity index (χ1v) is 7.59. The smallest absolute Gasteiger partial charge is 0.412 e. The highest BCUT2D eigenvalue weighted by Gasteiger charge is 2.17. The first-order valence-electron chi connectivity index (χ1n) is 7.59. The van der Waals surface area contributed by atoms with Crippen LogP contribution in [0.4, 0.5) is 20.6 Å². The number of hydrogen-bond acceptors (Lipinski definition) is 5. The molecule has 1 amide bonds. The fraction of sp³-hybridized carbons (Fsp3) is 0.278. The molecule has 2 aromatic rings. The Kier molecular flexibility index (Phi) is 5.36. The van der Waals surface area contributed by atoms with Gasteiger partial charge in [0.05, 0.1) is 12.8 Å². The summed E-state index contributed by atoms with van der Waals surface area (Å²) in [4.78, 5) is 11.8. The standard InChI is InChI=1S/C18H21FN2O4/c1-18(2,3)25-17(22)21-11-8-9-14(13(20)10-11)24-16-12(19)6-5-7-15(16)23-4/h5-10H,20H2,1-4H3,(H,21,22). The summed E-state index contributed by atoms with van der Waals surface area (Å²) in [6.07, 6.45) is -0.601. The lowest BCUT2D eigenvalue weighted by Crippen LogP contribution is -2.27. The van der Waals surface area contributed by atoms with Crippen LogP contribution in [0.3, 0.4) is 0 Å². The largest absolute Gasteiger partial charge is 0.493 e. The van der Waals surface area contributed by atoms with Crippen molar-refractivity contribution in [2.75, 3.05) is 18.2 Å². The predicted molar refractivity (Wildman–Crippen MR) is 93.7 cm³/mol. The summed E-state index contributed by atoms with van der Waals surface area (Å²) in [7, 11) is 1.42. The van der Waals surface area contributed by atoms with Crippen molar-refractivity contribution in [3.63, 3.8) is 0 Å². The highest BCUT2D eigenvalue weighted by Crippen LogP contribution is 2.37. The van der Waals surface area contributed by atoms with Crippen molar-refractivity contribution in [2.45, 2.75) is 26.4 Å². The van der Waals surface area contributed by atoms with Crippen molar-refractivity contribution in [3.8, 4) is 17.2 Å². The number of amides is 1. The molecule has 0 heterocycles. The number of ether oxygens (including phenoxy) is 3. The zero-order valence-corrected chi connectivity index (χ0v) is 14.6. The lowest BCUT2D eigenvalue weighted by Gasteiger charge is -2.20. The number of rotatable bonds is 4. The van der Waals surface area contributed by atoms with Crippen LogP contribution in [0.5, 0.6) is 17.2 Å². The van der Waals surface area contributed by atoms with Crippen molar-refractivity contribution in [3.05, 3.63) is 42.2 Å². The minimum atomic E-state index is -0.611. The number of halogens is 1. The number of benzene rings is 2. The quantitative estimate of drug-likeness (QED) is 0.792. The van der Waals surface area contributed by atoms with Crippen LogP contribution in [0.2, 0.25) is 0 Å². The minimum absolute atomic E-state index is 0.0652. The maximum atomic E-state index is 13.9. The summed E-state index contributed by atoms with van der Waals surface area (Å²) in [6, 6.07) is 8.93. The van der Waals surface area contributed by atoms with E-state index in [9.17, 15) is 9.18 Å². The van der Waals surface area contributed by atoms with Gasteiger partial charge >= 0.3 is 6.09 Å². The Morgan fingerprint density at radius 3 is 2.48 bits per heavy atom. The van der Waals surface area contributed by atoms with Gasteiger partial charge in [0, 0.05) is 5.69 Å². The Morgan fingerprint density at radius 2 is 1.88 bits per heavy atom. The second-order valence-electron chi connectivity index (χ2n) is 6.25. The highest BCUT2D eigenvalue weighted by atomic mass is 19.1. The summed E-state index contributed by atoms with van der Waals surface area (Å²) >= 11 is 0. The van der Waals surface area contributed by atoms with E-state index in [1.54, 1.807) is 32.9 Å². The Hall–Kier alpha value is -2.96. The lowest BCUT2D eigenvalue weighted by molar-refractivity contribution is 0.0636. The summed E-state index contributed by atoms with van der Waals surface area (Å²) in [5, 5.41) is 2.57. The molecule has 0 atom stereocenters. The van der Waals surface area contributed by atoms with E-state index in [0.29, 0.717) is 5.69 Å². The zero-order chi connectivity index (χ0) is 18.6. The van der Waals surface area contributed by atoms with E-state index in [-0.39, 0.29) is 22.9 Å². The van der Waals surface area contributed by atoms with Gasteiger partial charge in [-0.2, -0.15) is 0 Å². The van der Waals surface area contributed by atoms with Gasteiger partial charge < -0.3 is 19.9 Å². The Bertz CT molecular complexity index is 772. The molecule has 0 saturated carbocycles. The lowest BCUT2D eigenvalue weighted by atomic mass is 10.2. The second kappa shape index (κ2) is 7.29. The van der Waals surface area contributed by atoms with E-state index in [2.05, 4.69) is 5.32 Å². The van der Waals surface area contributed by atoms with Gasteiger partial charge in [-0.1, -0.05) is 6.07 Å². The number of anilines is 2. The van der Waals surface area contributed by atoms with Gasteiger partial charge in [-0.15, -0.1) is 0 Å². The van der Waals surface area contributed by atoms with Gasteiger partial charge in [-0.05, 0) is 51.1 Å². The molecular weight excluding hydrogens is 327 g/mol. The topological polar surface area (TPSA) is 82.8 Å². The summed E-state index contributed by atoms with van der Waals surface area (Å²) in [5.74, 6) is -0.159. The van der Waals surface area contributed by atoms with Crippen LogP contribution in [-0.2, 0) is 4.74 Å². The molecule has 0 aliphatic heterocycles. The van der Waals surface area contributed by atoms with E-state index < -0.39 is 17.5 Å².